The number of carbonyl (C=O) groups excluding carboxylic acids is 1. The maximum atomic E-state index is 12.2. The van der Waals surface area contributed by atoms with E-state index in [0.29, 0.717) is 11.8 Å². The maximum Gasteiger partial charge on any atom is 0.258 e. The summed E-state index contributed by atoms with van der Waals surface area (Å²) < 4.78 is 0. The number of piperidine rings is 1. The van der Waals surface area contributed by atoms with Crippen LogP contribution >= 0.6 is 0 Å². The number of rotatable bonds is 8. The molecule has 0 saturated carbocycles. The van der Waals surface area contributed by atoms with Gasteiger partial charge >= 0.3 is 0 Å². The number of hydrogen-bond acceptors (Lipinski definition) is 4. The van der Waals surface area contributed by atoms with Gasteiger partial charge in [0.25, 0.3) is 5.56 Å². The molecule has 6 heteroatoms. The third-order valence-electron chi connectivity index (χ3n) is 5.36. The topological polar surface area (TPSA) is 78.1 Å². The zero-order chi connectivity index (χ0) is 19.1. The van der Waals surface area contributed by atoms with E-state index in [1.165, 1.54) is 12.8 Å². The zero-order valence-corrected chi connectivity index (χ0v) is 16.2. The lowest BCUT2D eigenvalue weighted by molar-refractivity contribution is -0.126. The summed E-state index contributed by atoms with van der Waals surface area (Å²) in [5, 5.41) is 3.71. The molecule has 0 bridgehead atoms. The Labute approximate surface area is 160 Å². The van der Waals surface area contributed by atoms with Crippen LogP contribution < -0.4 is 10.9 Å². The highest BCUT2D eigenvalue weighted by Gasteiger charge is 2.24. The van der Waals surface area contributed by atoms with Crippen molar-refractivity contribution in [2.45, 2.75) is 45.4 Å². The predicted octanol–water partition coefficient (Wildman–Crippen LogP) is 2.48. The maximum absolute atomic E-state index is 12.2. The fourth-order valence-electron chi connectivity index (χ4n) is 3.67. The SMILES string of the molecule is CCCCCNC(=O)C1CCN(CCc2nc3ccccc3c(=O)[nH]2)CC1. The molecule has 1 aliphatic rings. The molecule has 2 heterocycles. The van der Waals surface area contributed by atoms with Crippen LogP contribution in [0.4, 0.5) is 0 Å². The lowest BCUT2D eigenvalue weighted by Crippen LogP contribution is -2.41. The number of carbonyl (C=O) groups is 1. The second-order valence-corrected chi connectivity index (χ2v) is 7.39. The van der Waals surface area contributed by atoms with E-state index >= 15 is 0 Å². The van der Waals surface area contributed by atoms with Crippen LogP contribution in [0.15, 0.2) is 29.1 Å². The van der Waals surface area contributed by atoms with Crippen LogP contribution in [0, 0.1) is 5.92 Å². The van der Waals surface area contributed by atoms with Gasteiger partial charge in [-0.25, -0.2) is 4.98 Å². The second-order valence-electron chi connectivity index (χ2n) is 7.39. The minimum Gasteiger partial charge on any atom is -0.356 e. The van der Waals surface area contributed by atoms with Gasteiger partial charge in [-0.1, -0.05) is 31.9 Å². The van der Waals surface area contributed by atoms with E-state index in [-0.39, 0.29) is 17.4 Å². The average molecular weight is 370 g/mol. The minimum atomic E-state index is -0.0750. The summed E-state index contributed by atoms with van der Waals surface area (Å²) in [6.07, 6.45) is 5.93. The Kier molecular flexibility index (Phi) is 6.98. The van der Waals surface area contributed by atoms with E-state index in [1.54, 1.807) is 6.07 Å². The van der Waals surface area contributed by atoms with E-state index < -0.39 is 0 Å². The molecule has 2 aromatic rings. The number of hydrogen-bond donors (Lipinski definition) is 2. The van der Waals surface area contributed by atoms with Crippen molar-refractivity contribution in [2.24, 2.45) is 5.92 Å². The zero-order valence-electron chi connectivity index (χ0n) is 16.2. The molecule has 0 spiro atoms. The van der Waals surface area contributed by atoms with Gasteiger partial charge in [0.1, 0.15) is 5.82 Å². The van der Waals surface area contributed by atoms with Crippen LogP contribution in [0.3, 0.4) is 0 Å². The highest BCUT2D eigenvalue weighted by molar-refractivity contribution is 5.78. The van der Waals surface area contributed by atoms with E-state index in [4.69, 9.17) is 0 Å². The van der Waals surface area contributed by atoms with Crippen LogP contribution in [0.5, 0.6) is 0 Å². The number of amides is 1. The summed E-state index contributed by atoms with van der Waals surface area (Å²) in [4.78, 5) is 34.2. The number of aromatic amines is 1. The highest BCUT2D eigenvalue weighted by atomic mass is 16.2. The molecule has 1 aromatic heterocycles. The number of unbranched alkanes of at least 4 members (excludes halogenated alkanes) is 2. The number of fused-ring (bicyclic) bond motifs is 1. The quantitative estimate of drug-likeness (QED) is 0.700. The van der Waals surface area contributed by atoms with Crippen LogP contribution in [0.2, 0.25) is 0 Å². The monoisotopic (exact) mass is 370 g/mol. The molecule has 0 atom stereocenters. The van der Waals surface area contributed by atoms with Crippen molar-refractivity contribution < 1.29 is 4.79 Å². The van der Waals surface area contributed by atoms with Gasteiger partial charge in [-0.2, -0.15) is 0 Å². The number of likely N-dealkylation sites (tertiary alicyclic amines) is 1. The van der Waals surface area contributed by atoms with Gasteiger partial charge < -0.3 is 15.2 Å². The first-order valence-electron chi connectivity index (χ1n) is 10.2. The molecule has 1 aliphatic heterocycles. The summed E-state index contributed by atoms with van der Waals surface area (Å²) in [7, 11) is 0. The van der Waals surface area contributed by atoms with Crippen molar-refractivity contribution in [3.63, 3.8) is 0 Å². The fourth-order valence-corrected chi connectivity index (χ4v) is 3.67. The summed E-state index contributed by atoms with van der Waals surface area (Å²) in [6, 6.07) is 7.42. The van der Waals surface area contributed by atoms with Gasteiger partial charge in [-0.05, 0) is 44.5 Å². The Balaban J connectivity index is 1.44. The second kappa shape index (κ2) is 9.65. The van der Waals surface area contributed by atoms with Crippen molar-refractivity contribution in [3.8, 4) is 0 Å². The summed E-state index contributed by atoms with van der Waals surface area (Å²) in [5.74, 6) is 1.09. The van der Waals surface area contributed by atoms with Crippen LogP contribution in [0.1, 0.15) is 44.9 Å². The molecule has 1 saturated heterocycles. The molecule has 6 nitrogen and oxygen atoms in total. The number of aromatic nitrogens is 2. The first-order valence-corrected chi connectivity index (χ1v) is 10.2. The third kappa shape index (κ3) is 5.39. The highest BCUT2D eigenvalue weighted by Crippen LogP contribution is 2.17. The molecule has 1 aromatic carbocycles. The Morgan fingerprint density at radius 1 is 1.26 bits per heavy atom. The first-order chi connectivity index (χ1) is 13.2. The molecule has 0 radical (unpaired) electrons. The molecular weight excluding hydrogens is 340 g/mol. The third-order valence-corrected chi connectivity index (χ3v) is 5.36. The average Bonchev–Trinajstić information content (AvgIpc) is 2.70. The number of para-hydroxylation sites is 1. The van der Waals surface area contributed by atoms with Gasteiger partial charge in [0.2, 0.25) is 5.91 Å². The van der Waals surface area contributed by atoms with Crippen molar-refractivity contribution in [2.75, 3.05) is 26.2 Å². The largest absolute Gasteiger partial charge is 0.356 e. The number of H-pyrrole nitrogens is 1. The van der Waals surface area contributed by atoms with Crippen molar-refractivity contribution >= 4 is 16.8 Å². The molecule has 1 fully saturated rings. The van der Waals surface area contributed by atoms with Crippen molar-refractivity contribution in [1.82, 2.24) is 20.2 Å². The molecule has 146 valence electrons. The van der Waals surface area contributed by atoms with E-state index in [0.717, 1.165) is 56.8 Å². The Morgan fingerprint density at radius 2 is 2.04 bits per heavy atom. The number of nitrogens with one attached hydrogen (secondary N) is 2. The standard InChI is InChI=1S/C21H30N4O2/c1-2-3-6-12-22-20(26)16-9-13-25(14-10-16)15-11-19-23-18-8-5-4-7-17(18)21(27)24-19/h4-5,7-8,16H,2-3,6,9-15H2,1H3,(H,22,26)(H,23,24,27). The molecular formula is C21H30N4O2. The van der Waals surface area contributed by atoms with E-state index in [9.17, 15) is 9.59 Å². The summed E-state index contributed by atoms with van der Waals surface area (Å²) >= 11 is 0. The molecule has 27 heavy (non-hydrogen) atoms. The van der Waals surface area contributed by atoms with Crippen LogP contribution in [-0.2, 0) is 11.2 Å². The molecule has 3 rings (SSSR count). The van der Waals surface area contributed by atoms with E-state index in [1.807, 2.05) is 18.2 Å². The lowest BCUT2D eigenvalue weighted by atomic mass is 9.95. The van der Waals surface area contributed by atoms with Gasteiger partial charge in [-0.15, -0.1) is 0 Å². The Bertz CT molecular complexity index is 809. The smallest absolute Gasteiger partial charge is 0.258 e. The van der Waals surface area contributed by atoms with Crippen molar-refractivity contribution in [3.05, 3.63) is 40.4 Å². The van der Waals surface area contributed by atoms with Gasteiger partial charge in [-0.3, -0.25) is 9.59 Å². The van der Waals surface area contributed by atoms with Gasteiger partial charge in [0.05, 0.1) is 10.9 Å². The minimum absolute atomic E-state index is 0.0750. The van der Waals surface area contributed by atoms with E-state index in [2.05, 4.69) is 27.1 Å². The first kappa shape index (κ1) is 19.5. The molecule has 0 aliphatic carbocycles. The van der Waals surface area contributed by atoms with Crippen LogP contribution in [0.25, 0.3) is 10.9 Å². The van der Waals surface area contributed by atoms with Crippen LogP contribution in [-0.4, -0.2) is 47.0 Å². The Morgan fingerprint density at radius 3 is 2.81 bits per heavy atom. The summed E-state index contributed by atoms with van der Waals surface area (Å²) in [5.41, 5.74) is 0.670. The lowest BCUT2D eigenvalue weighted by Gasteiger charge is -2.31. The molecule has 1 amide bonds. The molecule has 0 unspecified atom stereocenters. The number of benzene rings is 1. The normalized spacial score (nSPS) is 15.9. The van der Waals surface area contributed by atoms with Gasteiger partial charge in [0.15, 0.2) is 0 Å². The van der Waals surface area contributed by atoms with Crippen molar-refractivity contribution in [1.29, 1.82) is 0 Å². The summed E-state index contributed by atoms with van der Waals surface area (Å²) in [6.45, 7) is 5.66. The van der Waals surface area contributed by atoms with Gasteiger partial charge in [0, 0.05) is 25.4 Å². The molecule has 2 N–H and O–H groups in total. The predicted molar refractivity (Wildman–Crippen MR) is 108 cm³/mol. The number of nitrogens with zero attached hydrogens (tertiary/aromatic N) is 2. The fraction of sp³-hybridized carbons (Fsp3) is 0.571. The Hall–Kier alpha value is -2.21.